The van der Waals surface area contributed by atoms with Crippen LogP contribution in [0, 0.1) is 0 Å². The predicted molar refractivity (Wildman–Crippen MR) is 89.6 cm³/mol. The van der Waals surface area contributed by atoms with Gasteiger partial charge in [-0.1, -0.05) is 0 Å². The molecule has 144 valence electrons. The standard InChI is InChI=1S/C15H28N4O6/c16-7-3-1-5-14(18,12(22)23)10(20)9-11(21)15(19,13(24)25)6-2-4-8-17/h1-9,16-19H2,(H,22,23)(H,24,25). The zero-order valence-corrected chi connectivity index (χ0v) is 14.2. The zero-order chi connectivity index (χ0) is 19.7. The molecule has 10 N–H and O–H groups in total. The summed E-state index contributed by atoms with van der Waals surface area (Å²) in [4.78, 5) is 47.3. The highest BCUT2D eigenvalue weighted by atomic mass is 16.4. The molecule has 0 radical (unpaired) electrons. The summed E-state index contributed by atoms with van der Waals surface area (Å²) in [5.41, 5.74) is 17.4. The average Bonchev–Trinajstić information content (AvgIpc) is 2.54. The zero-order valence-electron chi connectivity index (χ0n) is 14.2. The first-order valence-corrected chi connectivity index (χ1v) is 8.07. The van der Waals surface area contributed by atoms with Crippen molar-refractivity contribution in [1.82, 2.24) is 0 Å². The second kappa shape index (κ2) is 10.2. The Labute approximate surface area is 145 Å². The van der Waals surface area contributed by atoms with Crippen LogP contribution in [-0.4, -0.2) is 57.9 Å². The second-order valence-corrected chi connectivity index (χ2v) is 6.07. The third kappa shape index (κ3) is 6.16. The molecule has 25 heavy (non-hydrogen) atoms. The van der Waals surface area contributed by atoms with Gasteiger partial charge in [-0.2, -0.15) is 0 Å². The van der Waals surface area contributed by atoms with Gasteiger partial charge in [-0.3, -0.25) is 9.59 Å². The van der Waals surface area contributed by atoms with Crippen LogP contribution in [-0.2, 0) is 19.2 Å². The van der Waals surface area contributed by atoms with Crippen LogP contribution in [0.4, 0.5) is 0 Å². The van der Waals surface area contributed by atoms with Gasteiger partial charge in [0.05, 0.1) is 6.42 Å². The molecule has 2 atom stereocenters. The number of carbonyl (C=O) groups excluding carboxylic acids is 2. The molecule has 0 rings (SSSR count). The quantitative estimate of drug-likeness (QED) is 0.153. The van der Waals surface area contributed by atoms with Gasteiger partial charge in [-0.15, -0.1) is 0 Å². The first-order valence-electron chi connectivity index (χ1n) is 8.07. The van der Waals surface area contributed by atoms with Crippen LogP contribution < -0.4 is 22.9 Å². The molecule has 0 aromatic carbocycles. The number of ketones is 2. The highest BCUT2D eigenvalue weighted by molar-refractivity contribution is 6.19. The molecule has 10 nitrogen and oxygen atoms in total. The number of hydrogen-bond donors (Lipinski definition) is 6. The Hall–Kier alpha value is -1.88. The summed E-state index contributed by atoms with van der Waals surface area (Å²) < 4.78 is 0. The summed E-state index contributed by atoms with van der Waals surface area (Å²) in [7, 11) is 0. The molecule has 0 saturated heterocycles. The smallest absolute Gasteiger partial charge is 0.331 e. The van der Waals surface area contributed by atoms with Crippen molar-refractivity contribution in [3.8, 4) is 0 Å². The molecular formula is C15H28N4O6. The highest BCUT2D eigenvalue weighted by Crippen LogP contribution is 2.20. The van der Waals surface area contributed by atoms with E-state index in [-0.39, 0.29) is 25.7 Å². The lowest BCUT2D eigenvalue weighted by molar-refractivity contribution is -0.150. The van der Waals surface area contributed by atoms with Crippen molar-refractivity contribution in [1.29, 1.82) is 0 Å². The lowest BCUT2D eigenvalue weighted by atomic mass is 9.81. The van der Waals surface area contributed by atoms with Gasteiger partial charge in [-0.05, 0) is 51.6 Å². The molecule has 10 heteroatoms. The lowest BCUT2D eigenvalue weighted by Crippen LogP contribution is -2.59. The maximum atomic E-state index is 12.3. The van der Waals surface area contributed by atoms with E-state index in [1.54, 1.807) is 0 Å². The van der Waals surface area contributed by atoms with E-state index in [4.69, 9.17) is 22.9 Å². The molecule has 0 fully saturated rings. The predicted octanol–water partition coefficient (Wildman–Crippen LogP) is -1.66. The number of carboxylic acids is 2. The molecule has 0 aliphatic heterocycles. The largest absolute Gasteiger partial charge is 0.480 e. The van der Waals surface area contributed by atoms with E-state index in [2.05, 4.69) is 0 Å². The van der Waals surface area contributed by atoms with Crippen LogP contribution in [0.5, 0.6) is 0 Å². The summed E-state index contributed by atoms with van der Waals surface area (Å²) in [6.07, 6.45) is 0.111. The fraction of sp³-hybridized carbons (Fsp3) is 0.733. The molecule has 0 amide bonds. The summed E-state index contributed by atoms with van der Waals surface area (Å²) in [6, 6.07) is 0. The minimum absolute atomic E-state index is 0.205. The van der Waals surface area contributed by atoms with E-state index in [0.717, 1.165) is 0 Å². The van der Waals surface area contributed by atoms with E-state index in [1.807, 2.05) is 0 Å². The molecular weight excluding hydrogens is 332 g/mol. The SMILES string of the molecule is NCCCCC(N)(C(=O)O)C(=O)CC(=O)C(N)(CCCCN)C(=O)O. The number of rotatable bonds is 14. The van der Waals surface area contributed by atoms with E-state index >= 15 is 0 Å². The van der Waals surface area contributed by atoms with E-state index in [0.29, 0.717) is 25.9 Å². The van der Waals surface area contributed by atoms with Crippen molar-refractivity contribution in [2.45, 2.75) is 56.0 Å². The number of aliphatic carboxylic acids is 2. The van der Waals surface area contributed by atoms with Crippen LogP contribution >= 0.6 is 0 Å². The van der Waals surface area contributed by atoms with Gasteiger partial charge in [0, 0.05) is 0 Å². The van der Waals surface area contributed by atoms with E-state index in [1.165, 1.54) is 0 Å². The van der Waals surface area contributed by atoms with Gasteiger partial charge in [0.1, 0.15) is 0 Å². The maximum absolute atomic E-state index is 12.3. The minimum atomic E-state index is -2.28. The fourth-order valence-corrected chi connectivity index (χ4v) is 2.29. The summed E-state index contributed by atoms with van der Waals surface area (Å²) in [5.74, 6) is -5.30. The van der Waals surface area contributed by atoms with Crippen LogP contribution in [0.3, 0.4) is 0 Å². The Morgan fingerprint density at radius 1 is 0.680 bits per heavy atom. The molecule has 0 heterocycles. The van der Waals surface area contributed by atoms with Crippen molar-refractivity contribution < 1.29 is 29.4 Å². The Morgan fingerprint density at radius 3 is 1.24 bits per heavy atom. The van der Waals surface area contributed by atoms with Crippen molar-refractivity contribution in [2.24, 2.45) is 22.9 Å². The van der Waals surface area contributed by atoms with Gasteiger partial charge < -0.3 is 33.1 Å². The molecule has 0 aromatic rings. The minimum Gasteiger partial charge on any atom is -0.480 e. The second-order valence-electron chi connectivity index (χ2n) is 6.07. The van der Waals surface area contributed by atoms with Crippen molar-refractivity contribution in [3.05, 3.63) is 0 Å². The van der Waals surface area contributed by atoms with Crippen molar-refractivity contribution in [3.63, 3.8) is 0 Å². The lowest BCUT2D eigenvalue weighted by Gasteiger charge is -2.26. The van der Waals surface area contributed by atoms with Gasteiger partial charge in [0.15, 0.2) is 22.6 Å². The number of hydrogen-bond acceptors (Lipinski definition) is 8. The Kier molecular flexibility index (Phi) is 9.42. The molecule has 0 aliphatic rings. The van der Waals surface area contributed by atoms with E-state index in [9.17, 15) is 29.4 Å². The maximum Gasteiger partial charge on any atom is 0.331 e. The highest BCUT2D eigenvalue weighted by Gasteiger charge is 2.47. The summed E-state index contributed by atoms with van der Waals surface area (Å²) >= 11 is 0. The number of carboxylic acid groups (broad SMARTS) is 2. The number of unbranched alkanes of at least 4 members (excludes halogenated alkanes) is 2. The monoisotopic (exact) mass is 360 g/mol. The molecule has 0 spiro atoms. The number of Topliss-reactive ketones (excluding diaryl/α,β-unsaturated/α-hetero) is 2. The van der Waals surface area contributed by atoms with Crippen molar-refractivity contribution in [2.75, 3.05) is 13.1 Å². The molecule has 2 unspecified atom stereocenters. The van der Waals surface area contributed by atoms with E-state index < -0.39 is 41.0 Å². The van der Waals surface area contributed by atoms with Gasteiger partial charge in [0.25, 0.3) is 0 Å². The van der Waals surface area contributed by atoms with Gasteiger partial charge in [0.2, 0.25) is 0 Å². The Balaban J connectivity index is 5.21. The summed E-state index contributed by atoms with van der Waals surface area (Å²) in [6.45, 7) is 0.601. The molecule has 0 bridgehead atoms. The third-order valence-corrected chi connectivity index (χ3v) is 4.13. The van der Waals surface area contributed by atoms with Crippen molar-refractivity contribution >= 4 is 23.5 Å². The number of carbonyl (C=O) groups is 4. The summed E-state index contributed by atoms with van der Waals surface area (Å²) in [5, 5.41) is 18.5. The number of nitrogens with two attached hydrogens (primary N) is 4. The first-order chi connectivity index (χ1) is 11.6. The van der Waals surface area contributed by atoms with Gasteiger partial charge >= 0.3 is 11.9 Å². The third-order valence-electron chi connectivity index (χ3n) is 4.13. The molecule has 0 aromatic heterocycles. The van der Waals surface area contributed by atoms with Crippen LogP contribution in [0.1, 0.15) is 44.9 Å². The van der Waals surface area contributed by atoms with Crippen LogP contribution in [0.15, 0.2) is 0 Å². The fourth-order valence-electron chi connectivity index (χ4n) is 2.29. The Morgan fingerprint density at radius 2 is 1.00 bits per heavy atom. The molecule has 0 aliphatic carbocycles. The Bertz CT molecular complexity index is 468. The topological polar surface area (TPSA) is 213 Å². The molecule has 0 saturated carbocycles. The normalized spacial score (nSPS) is 15.8. The van der Waals surface area contributed by atoms with Gasteiger partial charge in [-0.25, -0.2) is 9.59 Å². The average molecular weight is 360 g/mol. The van der Waals surface area contributed by atoms with Crippen LogP contribution in [0.2, 0.25) is 0 Å². The van der Waals surface area contributed by atoms with Crippen LogP contribution in [0.25, 0.3) is 0 Å². The first kappa shape index (κ1) is 23.1.